The van der Waals surface area contributed by atoms with Gasteiger partial charge < -0.3 is 5.73 Å². The second kappa shape index (κ2) is 5.28. The molecular weight excluding hydrogens is 282 g/mol. The fraction of sp³-hybridized carbons (Fsp3) is 0.294. The van der Waals surface area contributed by atoms with Gasteiger partial charge in [-0.25, -0.2) is 8.42 Å². The van der Waals surface area contributed by atoms with Gasteiger partial charge in [0.05, 0.1) is 10.1 Å². The smallest absolute Gasteiger partial charge is 0.182 e. The SMILES string of the molecule is Cc1ccc(S(=O)(=O)[C@@H]2[C@@H](CN)[C@H]2c2ccccc2)cc1. The van der Waals surface area contributed by atoms with E-state index < -0.39 is 15.1 Å². The van der Waals surface area contributed by atoms with Crippen molar-refractivity contribution in [1.29, 1.82) is 0 Å². The van der Waals surface area contributed by atoms with Gasteiger partial charge >= 0.3 is 0 Å². The van der Waals surface area contributed by atoms with E-state index in [-0.39, 0.29) is 11.8 Å². The Kier molecular flexibility index (Phi) is 3.59. The third-order valence-electron chi connectivity index (χ3n) is 4.26. The second-order valence-electron chi connectivity index (χ2n) is 5.66. The van der Waals surface area contributed by atoms with Gasteiger partial charge in [0.2, 0.25) is 0 Å². The first kappa shape index (κ1) is 14.3. The molecule has 2 aromatic rings. The first-order valence-corrected chi connectivity index (χ1v) is 8.66. The quantitative estimate of drug-likeness (QED) is 0.944. The van der Waals surface area contributed by atoms with Crippen molar-refractivity contribution in [3.63, 3.8) is 0 Å². The molecule has 1 saturated carbocycles. The van der Waals surface area contributed by atoms with Crippen LogP contribution >= 0.6 is 0 Å². The molecule has 1 aliphatic rings. The van der Waals surface area contributed by atoms with Crippen molar-refractivity contribution < 1.29 is 8.42 Å². The van der Waals surface area contributed by atoms with Crippen molar-refractivity contribution in [2.75, 3.05) is 6.54 Å². The lowest BCUT2D eigenvalue weighted by atomic mass is 10.1. The van der Waals surface area contributed by atoms with Crippen LogP contribution in [0.25, 0.3) is 0 Å². The Labute approximate surface area is 125 Å². The maximum atomic E-state index is 12.8. The highest BCUT2D eigenvalue weighted by atomic mass is 32.2. The molecule has 4 heteroatoms. The molecule has 21 heavy (non-hydrogen) atoms. The van der Waals surface area contributed by atoms with Gasteiger partial charge in [0.1, 0.15) is 0 Å². The minimum absolute atomic E-state index is 0.0127. The molecule has 110 valence electrons. The standard InChI is InChI=1S/C17H19NO2S/c1-12-7-9-14(10-8-12)21(19,20)17-15(11-18)16(17)13-5-3-2-4-6-13/h2-10,15-17H,11,18H2,1H3/t15-,16+,17+/m0/s1. The van der Waals surface area contributed by atoms with E-state index in [0.29, 0.717) is 11.4 Å². The van der Waals surface area contributed by atoms with Gasteiger partial charge in [-0.2, -0.15) is 0 Å². The molecule has 0 radical (unpaired) electrons. The zero-order chi connectivity index (χ0) is 15.0. The maximum Gasteiger partial charge on any atom is 0.182 e. The number of hydrogen-bond donors (Lipinski definition) is 1. The van der Waals surface area contributed by atoms with Gasteiger partial charge in [-0.15, -0.1) is 0 Å². The number of nitrogens with two attached hydrogens (primary N) is 1. The van der Waals surface area contributed by atoms with Gasteiger partial charge in [-0.1, -0.05) is 48.0 Å². The molecule has 1 aliphatic carbocycles. The Morgan fingerprint density at radius 1 is 1.00 bits per heavy atom. The van der Waals surface area contributed by atoms with Gasteiger partial charge in [0, 0.05) is 5.92 Å². The Balaban J connectivity index is 1.94. The van der Waals surface area contributed by atoms with Crippen molar-refractivity contribution >= 4 is 9.84 Å². The summed E-state index contributed by atoms with van der Waals surface area (Å²) in [4.78, 5) is 0.398. The van der Waals surface area contributed by atoms with E-state index >= 15 is 0 Å². The molecule has 2 N–H and O–H groups in total. The van der Waals surface area contributed by atoms with Crippen LogP contribution in [0.1, 0.15) is 17.0 Å². The molecule has 0 aromatic heterocycles. The summed E-state index contributed by atoms with van der Waals surface area (Å²) in [6.45, 7) is 2.35. The van der Waals surface area contributed by atoms with Crippen LogP contribution < -0.4 is 5.73 Å². The average Bonchev–Trinajstić information content (AvgIpc) is 3.24. The normalized spacial score (nSPS) is 24.8. The van der Waals surface area contributed by atoms with Gasteiger partial charge in [-0.3, -0.25) is 0 Å². The zero-order valence-corrected chi connectivity index (χ0v) is 12.8. The predicted molar refractivity (Wildman–Crippen MR) is 83.9 cm³/mol. The summed E-state index contributed by atoms with van der Waals surface area (Å²) in [5.74, 6) is 0.0289. The number of sulfone groups is 1. The topological polar surface area (TPSA) is 60.2 Å². The summed E-state index contributed by atoms with van der Waals surface area (Å²) >= 11 is 0. The lowest BCUT2D eigenvalue weighted by molar-refractivity contribution is 0.591. The highest BCUT2D eigenvalue weighted by molar-refractivity contribution is 7.92. The lowest BCUT2D eigenvalue weighted by Crippen LogP contribution is -2.13. The summed E-state index contributed by atoms with van der Waals surface area (Å²) in [5.41, 5.74) is 7.91. The van der Waals surface area contributed by atoms with Crippen LogP contribution in [0.4, 0.5) is 0 Å². The highest BCUT2D eigenvalue weighted by Crippen LogP contribution is 2.53. The molecule has 0 saturated heterocycles. The van der Waals surface area contributed by atoms with Gasteiger partial charge in [0.25, 0.3) is 0 Å². The molecule has 0 heterocycles. The summed E-state index contributed by atoms with van der Waals surface area (Å²) in [5, 5.41) is -0.396. The predicted octanol–water partition coefficient (Wildman–Crippen LogP) is 2.51. The summed E-state index contributed by atoms with van der Waals surface area (Å²) in [6.07, 6.45) is 0. The van der Waals surface area contributed by atoms with Crippen LogP contribution in [0.2, 0.25) is 0 Å². The average molecular weight is 301 g/mol. The number of rotatable bonds is 4. The summed E-state index contributed by atoms with van der Waals surface area (Å²) < 4.78 is 25.6. The first-order valence-electron chi connectivity index (χ1n) is 7.11. The van der Waals surface area contributed by atoms with Gasteiger partial charge in [-0.05, 0) is 37.1 Å². The van der Waals surface area contributed by atoms with Crippen LogP contribution in [-0.2, 0) is 9.84 Å². The van der Waals surface area contributed by atoms with Crippen molar-refractivity contribution in [2.24, 2.45) is 11.7 Å². The Bertz CT molecular complexity index is 723. The van der Waals surface area contributed by atoms with Crippen LogP contribution in [0.5, 0.6) is 0 Å². The van der Waals surface area contributed by atoms with E-state index in [4.69, 9.17) is 5.73 Å². The van der Waals surface area contributed by atoms with E-state index in [1.54, 1.807) is 12.1 Å². The molecule has 3 atom stereocenters. The molecule has 0 amide bonds. The molecule has 0 spiro atoms. The van der Waals surface area contributed by atoms with E-state index in [1.807, 2.05) is 49.4 Å². The number of hydrogen-bond acceptors (Lipinski definition) is 3. The van der Waals surface area contributed by atoms with E-state index in [1.165, 1.54) is 0 Å². The summed E-state index contributed by atoms with van der Waals surface area (Å²) in [6, 6.07) is 16.8. The lowest BCUT2D eigenvalue weighted by Gasteiger charge is -2.05. The largest absolute Gasteiger partial charge is 0.330 e. The van der Waals surface area contributed by atoms with Crippen molar-refractivity contribution in [3.8, 4) is 0 Å². The fourth-order valence-corrected chi connectivity index (χ4v) is 5.27. The monoisotopic (exact) mass is 301 g/mol. The molecule has 0 aliphatic heterocycles. The third-order valence-corrected chi connectivity index (χ3v) is 6.55. The van der Waals surface area contributed by atoms with Crippen molar-refractivity contribution in [3.05, 3.63) is 65.7 Å². The molecule has 2 aromatic carbocycles. The number of aryl methyl sites for hydroxylation is 1. The van der Waals surface area contributed by atoms with Crippen LogP contribution in [0.3, 0.4) is 0 Å². The van der Waals surface area contributed by atoms with E-state index in [0.717, 1.165) is 11.1 Å². The Hall–Kier alpha value is -1.65. The maximum absolute atomic E-state index is 12.8. The Morgan fingerprint density at radius 3 is 2.19 bits per heavy atom. The minimum Gasteiger partial charge on any atom is -0.330 e. The Morgan fingerprint density at radius 2 is 1.62 bits per heavy atom. The van der Waals surface area contributed by atoms with E-state index in [2.05, 4.69) is 0 Å². The number of benzene rings is 2. The molecule has 0 unspecified atom stereocenters. The molecule has 1 fully saturated rings. The van der Waals surface area contributed by atoms with Crippen molar-refractivity contribution in [2.45, 2.75) is 23.0 Å². The minimum atomic E-state index is -3.32. The molecular formula is C17H19NO2S. The van der Waals surface area contributed by atoms with Crippen LogP contribution in [-0.4, -0.2) is 20.2 Å². The summed E-state index contributed by atoms with van der Waals surface area (Å²) in [7, 11) is -3.32. The van der Waals surface area contributed by atoms with Crippen molar-refractivity contribution in [1.82, 2.24) is 0 Å². The zero-order valence-electron chi connectivity index (χ0n) is 11.9. The fourth-order valence-electron chi connectivity index (χ4n) is 3.04. The van der Waals surface area contributed by atoms with Crippen LogP contribution in [0, 0.1) is 12.8 Å². The molecule has 3 nitrogen and oxygen atoms in total. The first-order chi connectivity index (χ1) is 10.1. The highest BCUT2D eigenvalue weighted by Gasteiger charge is 2.57. The second-order valence-corrected chi connectivity index (χ2v) is 7.76. The van der Waals surface area contributed by atoms with Crippen LogP contribution in [0.15, 0.2) is 59.5 Å². The van der Waals surface area contributed by atoms with Gasteiger partial charge in [0.15, 0.2) is 9.84 Å². The third kappa shape index (κ3) is 2.49. The molecule has 0 bridgehead atoms. The van der Waals surface area contributed by atoms with E-state index in [9.17, 15) is 8.42 Å². The molecule has 3 rings (SSSR count).